The molecule has 0 saturated carbocycles. The Morgan fingerprint density at radius 2 is 1.50 bits per heavy atom. The van der Waals surface area contributed by atoms with E-state index < -0.39 is 23.6 Å². The lowest BCUT2D eigenvalue weighted by molar-refractivity contribution is -0.186. The normalized spacial score (nSPS) is 10.3. The predicted molar refractivity (Wildman–Crippen MR) is 42.8 cm³/mol. The molecule has 0 aromatic carbocycles. The predicted octanol–water partition coefficient (Wildman–Crippen LogP) is -1.84. The van der Waals surface area contributed by atoms with Crippen LogP contribution < -0.4 is 5.32 Å². The van der Waals surface area contributed by atoms with E-state index in [1.54, 1.807) is 5.32 Å². The first-order valence-corrected chi connectivity index (χ1v) is 3.56. The van der Waals surface area contributed by atoms with Gasteiger partial charge in [-0.25, -0.2) is 9.59 Å². The summed E-state index contributed by atoms with van der Waals surface area (Å²) in [5, 5.41) is 11.2. The van der Waals surface area contributed by atoms with Gasteiger partial charge < -0.3 is 19.9 Å². The van der Waals surface area contributed by atoms with E-state index in [1.807, 2.05) is 0 Å². The zero-order valence-corrected chi connectivity index (χ0v) is 7.99. The third-order valence-electron chi connectivity index (χ3n) is 1.32. The summed E-state index contributed by atoms with van der Waals surface area (Å²) >= 11 is 0. The number of esters is 2. The highest BCUT2D eigenvalue weighted by Gasteiger charge is 2.48. The molecular weight excluding hydrogens is 194 g/mol. The lowest BCUT2D eigenvalue weighted by atomic mass is 10.2. The number of carbonyl (C=O) groups excluding carboxylic acids is 3. The Morgan fingerprint density at radius 1 is 1.14 bits per heavy atom. The van der Waals surface area contributed by atoms with Crippen LogP contribution in [-0.2, 0) is 23.9 Å². The van der Waals surface area contributed by atoms with Gasteiger partial charge in [-0.05, 0) is 0 Å². The van der Waals surface area contributed by atoms with Crippen molar-refractivity contribution in [1.82, 2.24) is 5.32 Å². The molecule has 0 saturated heterocycles. The number of carbonyl (C=O) groups is 3. The molecule has 80 valence electrons. The van der Waals surface area contributed by atoms with Crippen LogP contribution in [0.4, 0.5) is 0 Å². The zero-order valence-electron chi connectivity index (χ0n) is 7.99. The second-order valence-electron chi connectivity index (χ2n) is 2.37. The Bertz CT molecular complexity index is 245. The largest absolute Gasteiger partial charge is 0.465 e. The quantitative estimate of drug-likeness (QED) is 0.319. The summed E-state index contributed by atoms with van der Waals surface area (Å²) in [6.07, 6.45) is 0. The molecule has 7 heteroatoms. The summed E-state index contributed by atoms with van der Waals surface area (Å²) in [4.78, 5) is 32.6. The van der Waals surface area contributed by atoms with Gasteiger partial charge in [0.25, 0.3) is 0 Å². The molecule has 0 aromatic rings. The molecule has 14 heavy (non-hydrogen) atoms. The van der Waals surface area contributed by atoms with E-state index in [0.29, 0.717) is 0 Å². The Labute approximate surface area is 80.0 Å². The average Bonchev–Trinajstić information content (AvgIpc) is 2.13. The highest BCUT2D eigenvalue weighted by molar-refractivity contribution is 6.05. The Hall–Kier alpha value is -1.63. The van der Waals surface area contributed by atoms with E-state index >= 15 is 0 Å². The summed E-state index contributed by atoms with van der Waals surface area (Å²) in [6.45, 7) is 1.02. The molecule has 1 amide bonds. The minimum absolute atomic E-state index is 0.775. The maximum Gasteiger partial charge on any atom is 0.371 e. The molecule has 0 unspecified atom stereocenters. The molecular formula is C7H11NO6. The summed E-state index contributed by atoms with van der Waals surface area (Å²) in [5.74, 6) is -3.41. The highest BCUT2D eigenvalue weighted by Crippen LogP contribution is 2.05. The van der Waals surface area contributed by atoms with Crippen LogP contribution in [0.5, 0.6) is 0 Å². The summed E-state index contributed by atoms with van der Waals surface area (Å²) in [5.41, 5.74) is -2.78. The van der Waals surface area contributed by atoms with E-state index in [0.717, 1.165) is 21.1 Å². The van der Waals surface area contributed by atoms with Gasteiger partial charge in [-0.15, -0.1) is 0 Å². The van der Waals surface area contributed by atoms with Gasteiger partial charge in [-0.2, -0.15) is 0 Å². The number of hydrogen-bond donors (Lipinski definition) is 2. The first kappa shape index (κ1) is 12.4. The maximum atomic E-state index is 11.0. The molecule has 0 radical (unpaired) electrons. The number of ether oxygens (including phenoxy) is 2. The van der Waals surface area contributed by atoms with E-state index in [-0.39, 0.29) is 0 Å². The highest BCUT2D eigenvalue weighted by atomic mass is 16.6. The SMILES string of the molecule is COC(=O)C(O)(NC(C)=O)C(=O)OC. The fourth-order valence-electron chi connectivity index (χ4n) is 0.736. The molecule has 0 fully saturated rings. The lowest BCUT2D eigenvalue weighted by Crippen LogP contribution is -2.60. The topological polar surface area (TPSA) is 102 Å². The fourth-order valence-corrected chi connectivity index (χ4v) is 0.736. The lowest BCUT2D eigenvalue weighted by Gasteiger charge is -2.22. The van der Waals surface area contributed by atoms with Crippen molar-refractivity contribution in [3.8, 4) is 0 Å². The van der Waals surface area contributed by atoms with Gasteiger partial charge in [0.05, 0.1) is 14.2 Å². The van der Waals surface area contributed by atoms with E-state index in [9.17, 15) is 19.5 Å². The van der Waals surface area contributed by atoms with Crippen LogP contribution in [0.15, 0.2) is 0 Å². The van der Waals surface area contributed by atoms with Crippen LogP contribution in [0, 0.1) is 0 Å². The number of amides is 1. The molecule has 0 atom stereocenters. The number of methoxy groups -OCH3 is 2. The van der Waals surface area contributed by atoms with Gasteiger partial charge in [0.1, 0.15) is 0 Å². The average molecular weight is 205 g/mol. The van der Waals surface area contributed by atoms with Crippen molar-refractivity contribution < 1.29 is 29.0 Å². The van der Waals surface area contributed by atoms with E-state index in [4.69, 9.17) is 0 Å². The smallest absolute Gasteiger partial charge is 0.371 e. The molecule has 0 aliphatic rings. The molecule has 0 aliphatic heterocycles. The molecule has 0 rings (SSSR count). The van der Waals surface area contributed by atoms with Crippen LogP contribution in [0.25, 0.3) is 0 Å². The summed E-state index contributed by atoms with van der Waals surface area (Å²) < 4.78 is 8.27. The standard InChI is InChI=1S/C7H11NO6/c1-4(9)8-7(12,5(10)13-2)6(11)14-3/h12H,1-3H3,(H,8,9). The molecule has 7 nitrogen and oxygen atoms in total. The van der Waals surface area contributed by atoms with Crippen molar-refractivity contribution >= 4 is 17.8 Å². The summed E-state index contributed by atoms with van der Waals surface area (Å²) in [7, 11) is 1.91. The van der Waals surface area contributed by atoms with Crippen molar-refractivity contribution in [2.75, 3.05) is 14.2 Å². The second-order valence-corrected chi connectivity index (χ2v) is 2.37. The van der Waals surface area contributed by atoms with Gasteiger partial charge in [0.15, 0.2) is 0 Å². The number of rotatable bonds is 3. The molecule has 0 aliphatic carbocycles. The third kappa shape index (κ3) is 2.43. The van der Waals surface area contributed by atoms with Crippen molar-refractivity contribution in [2.24, 2.45) is 0 Å². The van der Waals surface area contributed by atoms with Gasteiger partial charge in [0, 0.05) is 6.92 Å². The minimum Gasteiger partial charge on any atom is -0.465 e. The van der Waals surface area contributed by atoms with Gasteiger partial charge >= 0.3 is 17.7 Å². The van der Waals surface area contributed by atoms with Gasteiger partial charge in [-0.3, -0.25) is 4.79 Å². The minimum atomic E-state index is -2.78. The number of aliphatic hydroxyl groups is 1. The van der Waals surface area contributed by atoms with Crippen LogP contribution >= 0.6 is 0 Å². The van der Waals surface area contributed by atoms with Gasteiger partial charge in [-0.1, -0.05) is 0 Å². The van der Waals surface area contributed by atoms with Crippen LogP contribution in [0.1, 0.15) is 6.92 Å². The van der Waals surface area contributed by atoms with Gasteiger partial charge in [0.2, 0.25) is 5.91 Å². The van der Waals surface area contributed by atoms with Crippen molar-refractivity contribution in [1.29, 1.82) is 0 Å². The van der Waals surface area contributed by atoms with Crippen molar-refractivity contribution in [3.05, 3.63) is 0 Å². The fraction of sp³-hybridized carbons (Fsp3) is 0.571. The van der Waals surface area contributed by atoms with Crippen molar-refractivity contribution in [2.45, 2.75) is 12.6 Å². The van der Waals surface area contributed by atoms with Crippen molar-refractivity contribution in [3.63, 3.8) is 0 Å². The Kier molecular flexibility index (Phi) is 4.03. The second kappa shape index (κ2) is 4.56. The first-order chi connectivity index (χ1) is 6.38. The van der Waals surface area contributed by atoms with E-state index in [1.165, 1.54) is 0 Å². The van der Waals surface area contributed by atoms with Crippen LogP contribution in [0.3, 0.4) is 0 Å². The monoisotopic (exact) mass is 205 g/mol. The maximum absolute atomic E-state index is 11.0. The third-order valence-corrected chi connectivity index (χ3v) is 1.32. The molecule has 0 heterocycles. The van der Waals surface area contributed by atoms with E-state index in [2.05, 4.69) is 9.47 Å². The Morgan fingerprint density at radius 3 is 1.71 bits per heavy atom. The molecule has 2 N–H and O–H groups in total. The summed E-state index contributed by atoms with van der Waals surface area (Å²) in [6, 6.07) is 0. The van der Waals surface area contributed by atoms with Crippen LogP contribution in [-0.4, -0.2) is 42.9 Å². The number of nitrogens with one attached hydrogen (secondary N) is 1. The molecule has 0 bridgehead atoms. The number of hydrogen-bond acceptors (Lipinski definition) is 6. The molecule has 0 aromatic heterocycles. The first-order valence-electron chi connectivity index (χ1n) is 3.56. The molecule has 0 spiro atoms. The zero-order chi connectivity index (χ0) is 11.4. The van der Waals surface area contributed by atoms with Crippen LogP contribution in [0.2, 0.25) is 0 Å². The Balaban J connectivity index is 4.93.